The van der Waals surface area contributed by atoms with E-state index in [9.17, 15) is 13.2 Å². The van der Waals surface area contributed by atoms with E-state index < -0.39 is 22.0 Å². The number of methoxy groups -OCH3 is 1. The van der Waals surface area contributed by atoms with E-state index >= 15 is 0 Å². The second-order valence-corrected chi connectivity index (χ2v) is 8.56. The molecule has 0 heterocycles. The molecule has 0 aromatic heterocycles. The van der Waals surface area contributed by atoms with Crippen LogP contribution in [0.4, 0.5) is 0 Å². The van der Waals surface area contributed by atoms with Crippen molar-refractivity contribution in [3.63, 3.8) is 0 Å². The standard InChI is InChI=1S/C17H17Cl3N2O4S/c1-10(17(23)21-9-11-3-4-12(18)7-14(11)19)22-27(24,25)13-5-6-16(26-2)15(20)8-13/h3-8,10,22H,9H2,1-2H3,(H,21,23)/t10-/m0/s1. The van der Waals surface area contributed by atoms with Crippen molar-refractivity contribution in [2.24, 2.45) is 0 Å². The molecule has 0 aliphatic heterocycles. The molecule has 0 radical (unpaired) electrons. The van der Waals surface area contributed by atoms with Crippen molar-refractivity contribution < 1.29 is 17.9 Å². The topological polar surface area (TPSA) is 84.5 Å². The zero-order valence-corrected chi connectivity index (χ0v) is 17.5. The maximum Gasteiger partial charge on any atom is 0.241 e. The minimum atomic E-state index is -3.94. The quantitative estimate of drug-likeness (QED) is 0.673. The van der Waals surface area contributed by atoms with Gasteiger partial charge in [-0.25, -0.2) is 8.42 Å². The van der Waals surface area contributed by atoms with Crippen LogP contribution in [0.2, 0.25) is 15.1 Å². The van der Waals surface area contributed by atoms with E-state index in [1.165, 1.54) is 32.2 Å². The Bertz CT molecular complexity index is 951. The van der Waals surface area contributed by atoms with Gasteiger partial charge in [-0.2, -0.15) is 4.72 Å². The molecule has 27 heavy (non-hydrogen) atoms. The Morgan fingerprint density at radius 2 is 1.81 bits per heavy atom. The van der Waals surface area contributed by atoms with Crippen LogP contribution in [0.15, 0.2) is 41.3 Å². The lowest BCUT2D eigenvalue weighted by Crippen LogP contribution is -2.44. The summed E-state index contributed by atoms with van der Waals surface area (Å²) in [6.07, 6.45) is 0. The molecule has 0 saturated heterocycles. The number of benzene rings is 2. The van der Waals surface area contributed by atoms with E-state index in [4.69, 9.17) is 39.5 Å². The molecule has 0 unspecified atom stereocenters. The van der Waals surface area contributed by atoms with Crippen LogP contribution in [-0.2, 0) is 21.4 Å². The highest BCUT2D eigenvalue weighted by molar-refractivity contribution is 7.89. The second-order valence-electron chi connectivity index (χ2n) is 5.59. The third-order valence-corrected chi connectivity index (χ3v) is 6.05. The molecule has 1 amide bonds. The monoisotopic (exact) mass is 450 g/mol. The van der Waals surface area contributed by atoms with Gasteiger partial charge in [0.15, 0.2) is 0 Å². The smallest absolute Gasteiger partial charge is 0.241 e. The fourth-order valence-electron chi connectivity index (χ4n) is 2.17. The number of halogens is 3. The minimum Gasteiger partial charge on any atom is -0.495 e. The summed E-state index contributed by atoms with van der Waals surface area (Å²) in [5.41, 5.74) is 0.659. The van der Waals surface area contributed by atoms with Crippen molar-refractivity contribution >= 4 is 50.7 Å². The number of carbonyl (C=O) groups is 1. The van der Waals surface area contributed by atoms with Crippen LogP contribution in [0.5, 0.6) is 5.75 Å². The van der Waals surface area contributed by atoms with Crippen molar-refractivity contribution in [2.75, 3.05) is 7.11 Å². The lowest BCUT2D eigenvalue weighted by Gasteiger charge is -2.15. The van der Waals surface area contributed by atoms with Gasteiger partial charge in [0, 0.05) is 16.6 Å². The van der Waals surface area contributed by atoms with Crippen molar-refractivity contribution in [2.45, 2.75) is 24.4 Å². The molecule has 0 aliphatic carbocycles. The third-order valence-electron chi connectivity index (χ3n) is 3.63. The fraction of sp³-hybridized carbons (Fsp3) is 0.235. The molecule has 146 valence electrons. The first-order valence-corrected chi connectivity index (χ1v) is 10.3. The van der Waals surface area contributed by atoms with E-state index in [2.05, 4.69) is 10.0 Å². The first kappa shape index (κ1) is 21.8. The Hall–Kier alpha value is -1.51. The summed E-state index contributed by atoms with van der Waals surface area (Å²) in [6, 6.07) is 7.90. The number of rotatable bonds is 7. The maximum absolute atomic E-state index is 12.4. The molecule has 2 aromatic rings. The number of carbonyl (C=O) groups excluding carboxylic acids is 1. The number of ether oxygens (including phenoxy) is 1. The van der Waals surface area contributed by atoms with Gasteiger partial charge >= 0.3 is 0 Å². The minimum absolute atomic E-state index is 0.0753. The predicted octanol–water partition coefficient (Wildman–Crippen LogP) is 3.64. The zero-order chi connectivity index (χ0) is 20.2. The summed E-state index contributed by atoms with van der Waals surface area (Å²) in [7, 11) is -2.52. The van der Waals surface area contributed by atoms with Crippen LogP contribution in [0.25, 0.3) is 0 Å². The SMILES string of the molecule is COc1ccc(S(=O)(=O)N[C@@H](C)C(=O)NCc2ccc(Cl)cc2Cl)cc1Cl. The number of hydrogen-bond acceptors (Lipinski definition) is 4. The lowest BCUT2D eigenvalue weighted by molar-refractivity contribution is -0.122. The van der Waals surface area contributed by atoms with E-state index in [1.807, 2.05) is 0 Å². The fourth-order valence-corrected chi connectivity index (χ4v) is 4.20. The Kier molecular flexibility index (Phi) is 7.36. The van der Waals surface area contributed by atoms with Crippen molar-refractivity contribution in [1.82, 2.24) is 10.0 Å². The average Bonchev–Trinajstić information content (AvgIpc) is 2.60. The van der Waals surface area contributed by atoms with E-state index in [-0.39, 0.29) is 16.5 Å². The Labute approximate surface area is 172 Å². The normalized spacial score (nSPS) is 12.5. The van der Waals surface area contributed by atoms with Gasteiger partial charge in [-0.1, -0.05) is 40.9 Å². The van der Waals surface area contributed by atoms with Crippen molar-refractivity contribution in [1.29, 1.82) is 0 Å². The molecule has 2 aromatic carbocycles. The van der Waals surface area contributed by atoms with E-state index in [0.29, 0.717) is 21.4 Å². The van der Waals surface area contributed by atoms with Gasteiger partial charge in [-0.15, -0.1) is 0 Å². The molecule has 2 N–H and O–H groups in total. The first-order chi connectivity index (χ1) is 12.6. The van der Waals surface area contributed by atoms with Gasteiger partial charge in [0.25, 0.3) is 0 Å². The van der Waals surface area contributed by atoms with Crippen LogP contribution in [0, 0.1) is 0 Å². The molecule has 0 spiro atoms. The van der Waals surface area contributed by atoms with Crippen LogP contribution in [-0.4, -0.2) is 27.5 Å². The maximum atomic E-state index is 12.4. The summed E-state index contributed by atoms with van der Waals surface area (Å²) in [5.74, 6) is -0.162. The van der Waals surface area contributed by atoms with Crippen LogP contribution >= 0.6 is 34.8 Å². The third kappa shape index (κ3) is 5.73. The van der Waals surface area contributed by atoms with Crippen LogP contribution < -0.4 is 14.8 Å². The number of hydrogen-bond donors (Lipinski definition) is 2. The van der Waals surface area contributed by atoms with Crippen molar-refractivity contribution in [3.8, 4) is 5.75 Å². The highest BCUT2D eigenvalue weighted by Crippen LogP contribution is 2.27. The summed E-state index contributed by atoms with van der Waals surface area (Å²) < 4.78 is 32.2. The van der Waals surface area contributed by atoms with Crippen LogP contribution in [0.3, 0.4) is 0 Å². The molecular weight excluding hydrogens is 435 g/mol. The zero-order valence-electron chi connectivity index (χ0n) is 14.4. The number of nitrogens with one attached hydrogen (secondary N) is 2. The Balaban J connectivity index is 2.03. The Morgan fingerprint density at radius 3 is 2.41 bits per heavy atom. The molecule has 2 rings (SSSR count). The largest absolute Gasteiger partial charge is 0.495 e. The van der Waals surface area contributed by atoms with Gasteiger partial charge in [0.05, 0.1) is 23.1 Å². The molecule has 10 heteroatoms. The van der Waals surface area contributed by atoms with Gasteiger partial charge in [-0.05, 0) is 42.8 Å². The summed E-state index contributed by atoms with van der Waals surface area (Å²) in [5, 5.41) is 3.66. The second kappa shape index (κ2) is 9.12. The Morgan fingerprint density at radius 1 is 1.11 bits per heavy atom. The van der Waals surface area contributed by atoms with Gasteiger partial charge < -0.3 is 10.1 Å². The highest BCUT2D eigenvalue weighted by Gasteiger charge is 2.23. The van der Waals surface area contributed by atoms with Crippen LogP contribution in [0.1, 0.15) is 12.5 Å². The summed E-state index contributed by atoms with van der Waals surface area (Å²) >= 11 is 17.8. The molecule has 0 fully saturated rings. The molecule has 1 atom stereocenters. The van der Waals surface area contributed by atoms with Gasteiger partial charge in [0.1, 0.15) is 5.75 Å². The molecule has 6 nitrogen and oxygen atoms in total. The summed E-state index contributed by atoms with van der Waals surface area (Å²) in [6.45, 7) is 1.57. The molecule has 0 bridgehead atoms. The van der Waals surface area contributed by atoms with Crippen molar-refractivity contribution in [3.05, 3.63) is 57.0 Å². The predicted molar refractivity (Wildman–Crippen MR) is 106 cm³/mol. The molecular formula is C17H17Cl3N2O4S. The summed E-state index contributed by atoms with van der Waals surface area (Å²) in [4.78, 5) is 12.1. The van der Waals surface area contributed by atoms with E-state index in [0.717, 1.165) is 0 Å². The highest BCUT2D eigenvalue weighted by atomic mass is 35.5. The first-order valence-electron chi connectivity index (χ1n) is 7.71. The average molecular weight is 452 g/mol. The van der Waals surface area contributed by atoms with Gasteiger partial charge in [0.2, 0.25) is 15.9 Å². The number of sulfonamides is 1. The molecule has 0 aliphatic rings. The van der Waals surface area contributed by atoms with E-state index in [1.54, 1.807) is 18.2 Å². The van der Waals surface area contributed by atoms with Gasteiger partial charge in [-0.3, -0.25) is 4.79 Å². The molecule has 0 saturated carbocycles. The lowest BCUT2D eigenvalue weighted by atomic mass is 10.2. The number of amides is 1.